The van der Waals surface area contributed by atoms with Crippen LogP contribution in [-0.2, 0) is 9.53 Å². The lowest BCUT2D eigenvalue weighted by Gasteiger charge is -2.30. The molecule has 4 heterocycles. The van der Waals surface area contributed by atoms with Gasteiger partial charge >= 0.3 is 0 Å². The van der Waals surface area contributed by atoms with Gasteiger partial charge in [0.1, 0.15) is 11.1 Å². The van der Waals surface area contributed by atoms with Crippen molar-refractivity contribution in [1.29, 1.82) is 0 Å². The van der Waals surface area contributed by atoms with Crippen LogP contribution >= 0.6 is 11.3 Å². The van der Waals surface area contributed by atoms with Gasteiger partial charge in [0.05, 0.1) is 6.54 Å². The Morgan fingerprint density at radius 1 is 1.36 bits per heavy atom. The van der Waals surface area contributed by atoms with Crippen molar-refractivity contribution in [2.75, 3.05) is 31.6 Å². The number of aromatic amines is 1. The molecule has 2 aliphatic heterocycles. The molecule has 0 saturated carbocycles. The number of hydrogen-bond acceptors (Lipinski definition) is 7. The summed E-state index contributed by atoms with van der Waals surface area (Å²) >= 11 is 1.41. The van der Waals surface area contributed by atoms with Gasteiger partial charge in [-0.3, -0.25) is 20.1 Å². The first kappa shape index (κ1) is 16.6. The highest BCUT2D eigenvalue weighted by Crippen LogP contribution is 2.32. The van der Waals surface area contributed by atoms with Crippen LogP contribution < -0.4 is 5.32 Å². The molecule has 2 aliphatic rings. The summed E-state index contributed by atoms with van der Waals surface area (Å²) in [7, 11) is 0. The van der Waals surface area contributed by atoms with Gasteiger partial charge in [-0.25, -0.2) is 0 Å². The minimum absolute atomic E-state index is 0.0324. The van der Waals surface area contributed by atoms with Gasteiger partial charge < -0.3 is 4.74 Å². The van der Waals surface area contributed by atoms with Crippen LogP contribution in [0, 0.1) is 0 Å². The number of aromatic nitrogens is 4. The van der Waals surface area contributed by atoms with Crippen LogP contribution in [0.15, 0.2) is 12.3 Å². The number of likely N-dealkylation sites (tertiary alicyclic amines) is 1. The third-order valence-corrected chi connectivity index (χ3v) is 5.74. The molecule has 0 unspecified atom stereocenters. The van der Waals surface area contributed by atoms with Crippen molar-refractivity contribution >= 4 is 22.4 Å². The molecule has 0 spiro atoms. The van der Waals surface area contributed by atoms with Crippen LogP contribution in [0.5, 0.6) is 0 Å². The van der Waals surface area contributed by atoms with E-state index in [9.17, 15) is 4.79 Å². The molecular weight excluding hydrogens is 340 g/mol. The van der Waals surface area contributed by atoms with E-state index in [-0.39, 0.29) is 12.0 Å². The standard InChI is InChI=1S/C16H22N6O2S/c23-14(18-16-21-20-15(25-16)13-2-1-9-24-13)10-22-7-4-11(5-8-22)12-3-6-17-19-12/h3,6,11,13H,1-2,4-5,7-10H2,(H,17,19)(H,18,21,23)/t13-/m1/s1. The van der Waals surface area contributed by atoms with Gasteiger partial charge in [0, 0.05) is 24.4 Å². The fourth-order valence-corrected chi connectivity index (χ4v) is 4.29. The first-order valence-corrected chi connectivity index (χ1v) is 9.56. The second kappa shape index (κ2) is 7.59. The Bertz CT molecular complexity index is 689. The molecule has 2 aromatic rings. The molecule has 8 nitrogen and oxygen atoms in total. The highest BCUT2D eigenvalue weighted by Gasteiger charge is 2.24. The fraction of sp³-hybridized carbons (Fsp3) is 0.625. The first-order valence-electron chi connectivity index (χ1n) is 8.74. The number of carbonyl (C=O) groups is 1. The molecule has 2 saturated heterocycles. The number of piperidine rings is 1. The molecule has 9 heteroatoms. The number of hydrogen-bond donors (Lipinski definition) is 2. The summed E-state index contributed by atoms with van der Waals surface area (Å²) in [6.07, 6.45) is 5.95. The number of amides is 1. The van der Waals surface area contributed by atoms with Crippen LogP contribution in [0.4, 0.5) is 5.13 Å². The van der Waals surface area contributed by atoms with Crippen molar-refractivity contribution < 1.29 is 9.53 Å². The Labute approximate surface area is 150 Å². The van der Waals surface area contributed by atoms with Crippen LogP contribution in [0.25, 0.3) is 0 Å². The lowest BCUT2D eigenvalue weighted by atomic mass is 9.94. The molecule has 2 fully saturated rings. The van der Waals surface area contributed by atoms with E-state index >= 15 is 0 Å². The van der Waals surface area contributed by atoms with E-state index in [1.807, 2.05) is 6.07 Å². The van der Waals surface area contributed by atoms with Crippen LogP contribution in [0.2, 0.25) is 0 Å². The Morgan fingerprint density at radius 3 is 2.96 bits per heavy atom. The van der Waals surface area contributed by atoms with Gasteiger partial charge in [-0.05, 0) is 44.8 Å². The second-order valence-corrected chi connectivity index (χ2v) is 7.57. The quantitative estimate of drug-likeness (QED) is 0.844. The molecule has 134 valence electrons. The van der Waals surface area contributed by atoms with Gasteiger partial charge in [0.2, 0.25) is 11.0 Å². The van der Waals surface area contributed by atoms with E-state index in [1.165, 1.54) is 17.0 Å². The van der Waals surface area contributed by atoms with E-state index < -0.39 is 0 Å². The number of rotatable bonds is 5. The van der Waals surface area contributed by atoms with E-state index in [0.29, 0.717) is 17.6 Å². The highest BCUT2D eigenvalue weighted by atomic mass is 32.1. The molecule has 2 N–H and O–H groups in total. The molecule has 0 aliphatic carbocycles. The lowest BCUT2D eigenvalue weighted by Crippen LogP contribution is -2.38. The monoisotopic (exact) mass is 362 g/mol. The summed E-state index contributed by atoms with van der Waals surface area (Å²) in [5.41, 5.74) is 1.19. The number of carbonyl (C=O) groups excluding carboxylic acids is 1. The Morgan fingerprint density at radius 2 is 2.24 bits per heavy atom. The second-order valence-electron chi connectivity index (χ2n) is 6.56. The predicted octanol–water partition coefficient (Wildman–Crippen LogP) is 1.93. The van der Waals surface area contributed by atoms with Crippen LogP contribution in [0.3, 0.4) is 0 Å². The summed E-state index contributed by atoms with van der Waals surface area (Å²) in [5.74, 6) is 0.481. The normalized spacial score (nSPS) is 22.3. The third-order valence-electron chi connectivity index (χ3n) is 4.81. The molecule has 1 atom stereocenters. The minimum Gasteiger partial charge on any atom is -0.371 e. The first-order chi connectivity index (χ1) is 12.3. The molecule has 0 aromatic carbocycles. The maximum atomic E-state index is 12.3. The summed E-state index contributed by atoms with van der Waals surface area (Å²) < 4.78 is 5.60. The van der Waals surface area contributed by atoms with Gasteiger partial charge in [-0.15, -0.1) is 10.2 Å². The number of ether oxygens (including phenoxy) is 1. The number of anilines is 1. The average Bonchev–Trinajstić information content (AvgIpc) is 3.37. The smallest absolute Gasteiger partial charge is 0.240 e. The zero-order valence-electron chi connectivity index (χ0n) is 14.0. The SMILES string of the molecule is O=C(CN1CCC(c2ccn[nH]2)CC1)Nc1nnc([C@H]2CCCO2)s1. The summed E-state index contributed by atoms with van der Waals surface area (Å²) in [6.45, 7) is 2.99. The van der Waals surface area contributed by atoms with Crippen molar-refractivity contribution in [3.63, 3.8) is 0 Å². The zero-order chi connectivity index (χ0) is 17.1. The lowest BCUT2D eigenvalue weighted by molar-refractivity contribution is -0.117. The predicted molar refractivity (Wildman–Crippen MR) is 93.5 cm³/mol. The Kier molecular flexibility index (Phi) is 5.04. The van der Waals surface area contributed by atoms with Crippen LogP contribution in [-0.4, -0.2) is 57.4 Å². The van der Waals surface area contributed by atoms with Crippen molar-refractivity contribution in [1.82, 2.24) is 25.3 Å². The molecule has 1 amide bonds. The fourth-order valence-electron chi connectivity index (χ4n) is 3.45. The molecule has 25 heavy (non-hydrogen) atoms. The van der Waals surface area contributed by atoms with Crippen molar-refractivity contribution in [3.8, 4) is 0 Å². The van der Waals surface area contributed by atoms with Crippen LogP contribution in [0.1, 0.15) is 48.4 Å². The number of H-pyrrole nitrogens is 1. The summed E-state index contributed by atoms with van der Waals surface area (Å²) in [5, 5.41) is 19.6. The van der Waals surface area contributed by atoms with E-state index in [2.05, 4.69) is 30.6 Å². The van der Waals surface area contributed by atoms with Gasteiger partial charge in [0.25, 0.3) is 0 Å². The summed E-state index contributed by atoms with van der Waals surface area (Å²) in [6, 6.07) is 2.04. The molecular formula is C16H22N6O2S. The van der Waals surface area contributed by atoms with Crippen molar-refractivity contribution in [2.45, 2.75) is 37.7 Å². The van der Waals surface area contributed by atoms with E-state index in [1.54, 1.807) is 6.20 Å². The van der Waals surface area contributed by atoms with Gasteiger partial charge in [-0.1, -0.05) is 11.3 Å². The zero-order valence-corrected chi connectivity index (χ0v) is 14.8. The largest absolute Gasteiger partial charge is 0.371 e. The maximum Gasteiger partial charge on any atom is 0.240 e. The van der Waals surface area contributed by atoms with Gasteiger partial charge in [-0.2, -0.15) is 5.10 Å². The number of nitrogens with zero attached hydrogens (tertiary/aromatic N) is 4. The Hall–Kier alpha value is -1.84. The maximum absolute atomic E-state index is 12.3. The third kappa shape index (κ3) is 4.05. The Balaban J connectivity index is 1.24. The molecule has 0 radical (unpaired) electrons. The number of nitrogens with one attached hydrogen (secondary N) is 2. The van der Waals surface area contributed by atoms with E-state index in [0.717, 1.165) is 50.4 Å². The van der Waals surface area contributed by atoms with Crippen molar-refractivity contribution in [2.24, 2.45) is 0 Å². The topological polar surface area (TPSA) is 96.0 Å². The highest BCUT2D eigenvalue weighted by molar-refractivity contribution is 7.15. The molecule has 4 rings (SSSR count). The van der Waals surface area contributed by atoms with E-state index in [4.69, 9.17) is 4.74 Å². The molecule has 2 aromatic heterocycles. The summed E-state index contributed by atoms with van der Waals surface area (Å²) in [4.78, 5) is 14.4. The molecule has 0 bridgehead atoms. The van der Waals surface area contributed by atoms with Gasteiger partial charge in [0.15, 0.2) is 0 Å². The van der Waals surface area contributed by atoms with Crippen molar-refractivity contribution in [3.05, 3.63) is 23.0 Å². The average molecular weight is 362 g/mol. The minimum atomic E-state index is -0.0324.